The van der Waals surface area contributed by atoms with Crippen LogP contribution in [0.4, 0.5) is 11.8 Å². The lowest BCUT2D eigenvalue weighted by atomic mass is 10.3. The molecule has 0 aromatic carbocycles. The Morgan fingerprint density at radius 1 is 1.39 bits per heavy atom. The Morgan fingerprint density at radius 2 is 2.33 bits per heavy atom. The summed E-state index contributed by atoms with van der Waals surface area (Å²) in [4.78, 5) is 12.4. The monoisotopic (exact) mass is 261 g/mol. The van der Waals surface area contributed by atoms with Crippen LogP contribution in [0.25, 0.3) is 11.0 Å². The van der Waals surface area contributed by atoms with Gasteiger partial charge in [0.15, 0.2) is 5.65 Å². The molecule has 3 aromatic heterocycles. The van der Waals surface area contributed by atoms with E-state index in [0.29, 0.717) is 11.5 Å². The maximum absolute atomic E-state index is 5.63. The number of nitrogens with one attached hydrogen (secondary N) is 2. The van der Waals surface area contributed by atoms with Gasteiger partial charge in [0, 0.05) is 18.3 Å². The normalized spacial score (nSPS) is 10.9. The first-order valence-corrected chi connectivity index (χ1v) is 6.35. The van der Waals surface area contributed by atoms with Crippen molar-refractivity contribution >= 4 is 34.1 Å². The smallest absolute Gasteiger partial charge is 0.224 e. The minimum atomic E-state index is 0.225. The fourth-order valence-electron chi connectivity index (χ4n) is 1.66. The number of H-pyrrole nitrogens is 1. The third-order valence-electron chi connectivity index (χ3n) is 2.48. The number of aromatic amines is 1. The van der Waals surface area contributed by atoms with Crippen molar-refractivity contribution in [2.75, 3.05) is 17.6 Å². The number of aromatic nitrogens is 5. The summed E-state index contributed by atoms with van der Waals surface area (Å²) >= 11 is 1.59. The molecule has 0 saturated heterocycles. The van der Waals surface area contributed by atoms with Crippen molar-refractivity contribution in [3.8, 4) is 0 Å². The predicted molar refractivity (Wildman–Crippen MR) is 70.4 cm³/mol. The van der Waals surface area contributed by atoms with E-state index in [-0.39, 0.29) is 5.95 Å². The number of nitrogens with zero attached hydrogens (tertiary/aromatic N) is 4. The third-order valence-corrected chi connectivity index (χ3v) is 3.12. The Bertz CT molecular complexity index is 645. The Kier molecular flexibility index (Phi) is 2.77. The molecule has 0 saturated carbocycles. The molecule has 0 fully saturated rings. The summed E-state index contributed by atoms with van der Waals surface area (Å²) in [6, 6.07) is 0. The maximum atomic E-state index is 5.63. The number of fused-ring (bicyclic) bond motifs is 1. The van der Waals surface area contributed by atoms with E-state index in [1.807, 2.05) is 10.9 Å². The SMILES string of the molecule is Nc1nc(NCCc2cscn2)c2cn[nH]c2n1. The van der Waals surface area contributed by atoms with Gasteiger partial charge in [-0.3, -0.25) is 5.10 Å². The molecule has 18 heavy (non-hydrogen) atoms. The van der Waals surface area contributed by atoms with Crippen LogP contribution in [-0.4, -0.2) is 31.7 Å². The fourth-order valence-corrected chi connectivity index (χ4v) is 2.25. The van der Waals surface area contributed by atoms with E-state index in [0.717, 1.165) is 24.0 Å². The number of rotatable bonds is 4. The molecule has 0 atom stereocenters. The van der Waals surface area contributed by atoms with Gasteiger partial charge < -0.3 is 11.1 Å². The van der Waals surface area contributed by atoms with Gasteiger partial charge >= 0.3 is 0 Å². The number of nitrogens with two attached hydrogens (primary N) is 1. The molecule has 0 amide bonds. The first-order valence-electron chi connectivity index (χ1n) is 5.40. The van der Waals surface area contributed by atoms with Gasteiger partial charge in [0.2, 0.25) is 5.95 Å². The van der Waals surface area contributed by atoms with Crippen molar-refractivity contribution in [3.05, 3.63) is 22.8 Å². The zero-order valence-corrected chi connectivity index (χ0v) is 10.2. The highest BCUT2D eigenvalue weighted by molar-refractivity contribution is 7.07. The number of hydrogen-bond donors (Lipinski definition) is 3. The van der Waals surface area contributed by atoms with Gasteiger partial charge in [-0.05, 0) is 0 Å². The summed E-state index contributed by atoms with van der Waals surface area (Å²) in [5.41, 5.74) is 9.16. The predicted octanol–water partition coefficient (Wildman–Crippen LogP) is 1.05. The molecule has 0 aliphatic heterocycles. The zero-order valence-electron chi connectivity index (χ0n) is 9.42. The lowest BCUT2D eigenvalue weighted by molar-refractivity contribution is 0.969. The van der Waals surface area contributed by atoms with Gasteiger partial charge in [-0.15, -0.1) is 11.3 Å². The van der Waals surface area contributed by atoms with Crippen LogP contribution in [0.2, 0.25) is 0 Å². The molecule has 3 rings (SSSR count). The van der Waals surface area contributed by atoms with E-state index in [9.17, 15) is 0 Å². The zero-order chi connectivity index (χ0) is 12.4. The molecule has 0 aliphatic rings. The van der Waals surface area contributed by atoms with Crippen LogP contribution in [0.3, 0.4) is 0 Å². The molecule has 3 aromatic rings. The largest absolute Gasteiger partial charge is 0.369 e. The summed E-state index contributed by atoms with van der Waals surface area (Å²) < 4.78 is 0. The van der Waals surface area contributed by atoms with E-state index in [1.54, 1.807) is 17.5 Å². The van der Waals surface area contributed by atoms with Gasteiger partial charge in [-0.25, -0.2) is 4.98 Å². The highest BCUT2D eigenvalue weighted by Crippen LogP contribution is 2.18. The molecule has 3 heterocycles. The van der Waals surface area contributed by atoms with E-state index in [1.165, 1.54) is 0 Å². The van der Waals surface area contributed by atoms with Crippen molar-refractivity contribution < 1.29 is 0 Å². The number of anilines is 2. The van der Waals surface area contributed by atoms with Crippen LogP contribution in [-0.2, 0) is 6.42 Å². The van der Waals surface area contributed by atoms with Gasteiger partial charge in [0.25, 0.3) is 0 Å². The van der Waals surface area contributed by atoms with Crippen LogP contribution in [0.15, 0.2) is 17.1 Å². The lowest BCUT2D eigenvalue weighted by Gasteiger charge is -2.05. The topological polar surface area (TPSA) is 105 Å². The molecule has 0 aliphatic carbocycles. The van der Waals surface area contributed by atoms with Crippen LogP contribution in [0.5, 0.6) is 0 Å². The molecular formula is C10H11N7S. The van der Waals surface area contributed by atoms with Crippen molar-refractivity contribution in [1.29, 1.82) is 0 Å². The standard InChI is InChI=1S/C10H11N7S/c11-10-15-8(7-3-14-17-9(7)16-10)12-2-1-6-4-18-5-13-6/h3-5H,1-2H2,(H4,11,12,14,15,16,17). The van der Waals surface area contributed by atoms with E-state index in [4.69, 9.17) is 5.73 Å². The maximum Gasteiger partial charge on any atom is 0.224 e. The molecule has 0 radical (unpaired) electrons. The fraction of sp³-hybridized carbons (Fsp3) is 0.200. The second kappa shape index (κ2) is 4.57. The van der Waals surface area contributed by atoms with Crippen molar-refractivity contribution in [1.82, 2.24) is 25.1 Å². The summed E-state index contributed by atoms with van der Waals surface area (Å²) in [6.07, 6.45) is 2.52. The summed E-state index contributed by atoms with van der Waals surface area (Å²) in [7, 11) is 0. The summed E-state index contributed by atoms with van der Waals surface area (Å²) in [6.45, 7) is 0.737. The molecule has 7 nitrogen and oxygen atoms in total. The van der Waals surface area contributed by atoms with Gasteiger partial charge in [-0.1, -0.05) is 0 Å². The summed E-state index contributed by atoms with van der Waals surface area (Å²) in [5.74, 6) is 0.921. The average molecular weight is 261 g/mol. The van der Waals surface area contributed by atoms with Gasteiger partial charge in [0.1, 0.15) is 5.82 Å². The third kappa shape index (κ3) is 2.09. The van der Waals surface area contributed by atoms with Crippen molar-refractivity contribution in [2.45, 2.75) is 6.42 Å². The van der Waals surface area contributed by atoms with Crippen molar-refractivity contribution in [3.63, 3.8) is 0 Å². The molecule has 0 spiro atoms. The quantitative estimate of drug-likeness (QED) is 0.648. The average Bonchev–Trinajstić information content (AvgIpc) is 2.98. The first kappa shape index (κ1) is 10.9. The van der Waals surface area contributed by atoms with Crippen LogP contribution in [0, 0.1) is 0 Å². The van der Waals surface area contributed by atoms with Gasteiger partial charge in [0.05, 0.1) is 22.8 Å². The van der Waals surface area contributed by atoms with Crippen LogP contribution < -0.4 is 11.1 Å². The van der Waals surface area contributed by atoms with Gasteiger partial charge in [-0.2, -0.15) is 15.1 Å². The number of hydrogen-bond acceptors (Lipinski definition) is 7. The Hall–Kier alpha value is -2.22. The molecule has 92 valence electrons. The highest BCUT2D eigenvalue weighted by atomic mass is 32.1. The number of thiazole rings is 1. The van der Waals surface area contributed by atoms with Crippen LogP contribution >= 0.6 is 11.3 Å². The molecule has 8 heteroatoms. The minimum absolute atomic E-state index is 0.225. The molecule has 0 unspecified atom stereocenters. The molecular weight excluding hydrogens is 250 g/mol. The highest BCUT2D eigenvalue weighted by Gasteiger charge is 2.07. The van der Waals surface area contributed by atoms with Crippen LogP contribution in [0.1, 0.15) is 5.69 Å². The number of nitrogen functional groups attached to an aromatic ring is 1. The first-order chi connectivity index (χ1) is 8.83. The Balaban J connectivity index is 1.75. The van der Waals surface area contributed by atoms with Crippen molar-refractivity contribution in [2.24, 2.45) is 0 Å². The Morgan fingerprint density at radius 3 is 3.17 bits per heavy atom. The molecule has 0 bridgehead atoms. The van der Waals surface area contributed by atoms with E-state index in [2.05, 4.69) is 30.5 Å². The second-order valence-electron chi connectivity index (χ2n) is 3.72. The van der Waals surface area contributed by atoms with E-state index >= 15 is 0 Å². The lowest BCUT2D eigenvalue weighted by Crippen LogP contribution is -2.08. The van der Waals surface area contributed by atoms with E-state index < -0.39 is 0 Å². The molecule has 4 N–H and O–H groups in total. The summed E-state index contributed by atoms with van der Waals surface area (Å²) in [5, 5.41) is 12.8. The minimum Gasteiger partial charge on any atom is -0.369 e. The Labute approximate surface area is 106 Å². The second-order valence-corrected chi connectivity index (χ2v) is 4.44.